The van der Waals surface area contributed by atoms with Crippen molar-refractivity contribution in [3.05, 3.63) is 0 Å². The summed E-state index contributed by atoms with van der Waals surface area (Å²) in [5.74, 6) is -0.878. The van der Waals surface area contributed by atoms with Gasteiger partial charge in [0.1, 0.15) is 12.7 Å². The first-order valence-electron chi connectivity index (χ1n) is 14.2. The molecule has 36 heavy (non-hydrogen) atoms. The topological polar surface area (TPSA) is 91.3 Å². The van der Waals surface area contributed by atoms with Gasteiger partial charge in [0.05, 0.1) is 17.9 Å². The summed E-state index contributed by atoms with van der Waals surface area (Å²) in [6.45, 7) is 18.9. The van der Waals surface area contributed by atoms with Crippen LogP contribution in [0.2, 0.25) is 18.1 Å². The molecule has 212 valence electrons. The molecule has 1 rings (SSSR count). The number of aliphatic hydroxyl groups is 1. The molecule has 1 aliphatic rings. The minimum atomic E-state index is -2.25. The van der Waals surface area contributed by atoms with E-state index >= 15 is 0 Å². The van der Waals surface area contributed by atoms with Crippen molar-refractivity contribution in [3.63, 3.8) is 0 Å². The van der Waals surface area contributed by atoms with E-state index < -0.39 is 32.9 Å². The van der Waals surface area contributed by atoms with E-state index in [-0.39, 0.29) is 41.8 Å². The maximum atomic E-state index is 13.3. The molecule has 0 aromatic carbocycles. The zero-order valence-corrected chi connectivity index (χ0v) is 25.4. The lowest BCUT2D eigenvalue weighted by atomic mass is 9.97. The Kier molecular flexibility index (Phi) is 14.2. The van der Waals surface area contributed by atoms with Gasteiger partial charge < -0.3 is 23.7 Å². The van der Waals surface area contributed by atoms with Crippen LogP contribution in [-0.2, 0) is 28.2 Å². The molecule has 0 spiro atoms. The highest BCUT2D eigenvalue weighted by molar-refractivity contribution is 6.74. The van der Waals surface area contributed by atoms with E-state index in [0.29, 0.717) is 0 Å². The van der Waals surface area contributed by atoms with Crippen molar-refractivity contribution in [1.29, 1.82) is 0 Å². The van der Waals surface area contributed by atoms with E-state index in [0.717, 1.165) is 51.4 Å². The monoisotopic (exact) mass is 530 g/mol. The SMILES string of the molecule is CCCC(CCC)C(=O)OC[C@H]1OC(O)C[C@@H](O[Si](C)(C)C(C)(C)C)[C@@H]1OC(=O)C(CCC)CCC. The van der Waals surface area contributed by atoms with Crippen LogP contribution in [0, 0.1) is 11.8 Å². The van der Waals surface area contributed by atoms with Crippen molar-refractivity contribution in [2.45, 2.75) is 149 Å². The fourth-order valence-corrected chi connectivity index (χ4v) is 5.87. The minimum Gasteiger partial charge on any atom is -0.463 e. The number of carbonyl (C=O) groups excluding carboxylic acids is 2. The summed E-state index contributed by atoms with van der Waals surface area (Å²) in [7, 11) is -2.25. The molecule has 0 aromatic rings. The fourth-order valence-electron chi connectivity index (χ4n) is 4.53. The van der Waals surface area contributed by atoms with Crippen molar-refractivity contribution in [3.8, 4) is 0 Å². The lowest BCUT2D eigenvalue weighted by molar-refractivity contribution is -0.248. The molecule has 0 radical (unpaired) electrons. The fraction of sp³-hybridized carbons (Fsp3) is 0.929. The average Bonchev–Trinajstić information content (AvgIpc) is 2.77. The van der Waals surface area contributed by atoms with Gasteiger partial charge in [-0.2, -0.15) is 0 Å². The third-order valence-electron chi connectivity index (χ3n) is 7.61. The standard InChI is InChI=1S/C28H54O7Si/c1-10-14-20(15-11-2)26(30)32-19-23-25(34-27(31)21(16-12-3)17-13-4)22(18-24(29)33-23)35-36(8,9)28(5,6)7/h20-25,29H,10-19H2,1-9H3/t22-,23-,24?,25+/m1/s1. The van der Waals surface area contributed by atoms with E-state index in [4.69, 9.17) is 18.6 Å². The van der Waals surface area contributed by atoms with E-state index in [9.17, 15) is 14.7 Å². The van der Waals surface area contributed by atoms with Gasteiger partial charge >= 0.3 is 11.9 Å². The summed E-state index contributed by atoms with van der Waals surface area (Å²) >= 11 is 0. The number of esters is 2. The molecular weight excluding hydrogens is 476 g/mol. The van der Waals surface area contributed by atoms with Gasteiger partial charge in [-0.25, -0.2) is 0 Å². The number of ether oxygens (including phenoxy) is 3. The predicted molar refractivity (Wildman–Crippen MR) is 145 cm³/mol. The summed E-state index contributed by atoms with van der Waals surface area (Å²) in [6, 6.07) is 0. The summed E-state index contributed by atoms with van der Waals surface area (Å²) in [6.07, 6.45) is 3.68. The van der Waals surface area contributed by atoms with Gasteiger partial charge in [-0.05, 0) is 43.8 Å². The first kappa shape index (κ1) is 33.1. The van der Waals surface area contributed by atoms with Crippen LogP contribution < -0.4 is 0 Å². The Hall–Kier alpha value is -0.963. The van der Waals surface area contributed by atoms with Crippen LogP contribution in [0.25, 0.3) is 0 Å². The Balaban J connectivity index is 3.18. The van der Waals surface area contributed by atoms with Crippen LogP contribution in [0.15, 0.2) is 0 Å². The molecule has 1 N–H and O–H groups in total. The number of aliphatic hydroxyl groups excluding tert-OH is 1. The first-order chi connectivity index (χ1) is 16.8. The van der Waals surface area contributed by atoms with Crippen LogP contribution in [0.4, 0.5) is 0 Å². The van der Waals surface area contributed by atoms with Crippen molar-refractivity contribution in [2.24, 2.45) is 11.8 Å². The number of hydrogen-bond acceptors (Lipinski definition) is 7. The Bertz CT molecular complexity index is 649. The molecule has 1 saturated heterocycles. The highest BCUT2D eigenvalue weighted by Gasteiger charge is 2.48. The molecule has 0 amide bonds. The molecule has 1 heterocycles. The summed E-state index contributed by atoms with van der Waals surface area (Å²) < 4.78 is 24.3. The molecule has 0 aromatic heterocycles. The smallest absolute Gasteiger partial charge is 0.309 e. The second-order valence-corrected chi connectivity index (χ2v) is 16.6. The second-order valence-electron chi connectivity index (χ2n) is 11.9. The molecule has 4 atom stereocenters. The van der Waals surface area contributed by atoms with Crippen LogP contribution in [0.3, 0.4) is 0 Å². The third-order valence-corrected chi connectivity index (χ3v) is 12.1. The Morgan fingerprint density at radius 2 is 1.39 bits per heavy atom. The third kappa shape index (κ3) is 10.1. The summed E-state index contributed by atoms with van der Waals surface area (Å²) in [5, 5.41) is 10.5. The summed E-state index contributed by atoms with van der Waals surface area (Å²) in [5.41, 5.74) is 0. The first-order valence-corrected chi connectivity index (χ1v) is 17.1. The molecule has 0 saturated carbocycles. The van der Waals surface area contributed by atoms with Gasteiger partial charge in [0.25, 0.3) is 0 Å². The maximum absolute atomic E-state index is 13.3. The highest BCUT2D eigenvalue weighted by atomic mass is 28.4. The maximum Gasteiger partial charge on any atom is 0.309 e. The highest BCUT2D eigenvalue weighted by Crippen LogP contribution is 2.40. The number of rotatable bonds is 15. The zero-order valence-electron chi connectivity index (χ0n) is 24.4. The molecule has 1 aliphatic heterocycles. The molecule has 1 unspecified atom stereocenters. The Morgan fingerprint density at radius 1 is 0.917 bits per heavy atom. The van der Waals surface area contributed by atoms with Crippen molar-refractivity contribution >= 4 is 20.3 Å². The van der Waals surface area contributed by atoms with Crippen LogP contribution in [0.5, 0.6) is 0 Å². The van der Waals surface area contributed by atoms with Crippen LogP contribution >= 0.6 is 0 Å². The molecule has 7 nitrogen and oxygen atoms in total. The molecule has 8 heteroatoms. The number of carbonyl (C=O) groups is 2. The molecule has 0 aliphatic carbocycles. The van der Waals surface area contributed by atoms with Gasteiger partial charge in [0.2, 0.25) is 0 Å². The lowest BCUT2D eigenvalue weighted by Gasteiger charge is -2.45. The van der Waals surface area contributed by atoms with Gasteiger partial charge in [-0.1, -0.05) is 74.1 Å². The molecular formula is C28H54O7Si. The van der Waals surface area contributed by atoms with Gasteiger partial charge in [-0.15, -0.1) is 0 Å². The number of hydrogen-bond donors (Lipinski definition) is 1. The molecule has 0 bridgehead atoms. The summed E-state index contributed by atoms with van der Waals surface area (Å²) in [4.78, 5) is 26.1. The minimum absolute atomic E-state index is 0.0622. The largest absolute Gasteiger partial charge is 0.463 e. The quantitative estimate of drug-likeness (QED) is 0.194. The van der Waals surface area contributed by atoms with Crippen molar-refractivity contribution < 1.29 is 33.3 Å². The van der Waals surface area contributed by atoms with E-state index in [2.05, 4.69) is 61.6 Å². The average molecular weight is 531 g/mol. The Labute approximate surface area is 221 Å². The molecule has 1 fully saturated rings. The van der Waals surface area contributed by atoms with Crippen LogP contribution in [-0.4, -0.2) is 56.6 Å². The van der Waals surface area contributed by atoms with Crippen molar-refractivity contribution in [2.75, 3.05) is 6.61 Å². The predicted octanol–water partition coefficient (Wildman–Crippen LogP) is 6.37. The normalized spacial score (nSPS) is 23.2. The zero-order chi connectivity index (χ0) is 27.5. The van der Waals surface area contributed by atoms with Gasteiger partial charge in [0, 0.05) is 6.42 Å². The lowest BCUT2D eigenvalue weighted by Crippen LogP contribution is -2.57. The second kappa shape index (κ2) is 15.4. The van der Waals surface area contributed by atoms with Crippen LogP contribution in [0.1, 0.15) is 106 Å². The van der Waals surface area contributed by atoms with Gasteiger partial charge in [0.15, 0.2) is 20.7 Å². The van der Waals surface area contributed by atoms with Crippen molar-refractivity contribution in [1.82, 2.24) is 0 Å². The Morgan fingerprint density at radius 3 is 1.83 bits per heavy atom. The van der Waals surface area contributed by atoms with E-state index in [1.807, 2.05) is 0 Å². The van der Waals surface area contributed by atoms with Gasteiger partial charge in [-0.3, -0.25) is 9.59 Å². The van der Waals surface area contributed by atoms with E-state index in [1.165, 1.54) is 0 Å². The van der Waals surface area contributed by atoms with E-state index in [1.54, 1.807) is 0 Å².